The number of rotatable bonds is 7. The highest BCUT2D eigenvalue weighted by atomic mass is 32.2. The summed E-state index contributed by atoms with van der Waals surface area (Å²) < 4.78 is 34.1. The second kappa shape index (κ2) is 9.64. The van der Waals surface area contributed by atoms with Gasteiger partial charge in [-0.1, -0.05) is 56.5 Å². The Kier molecular flexibility index (Phi) is 6.17. The number of sulfone groups is 1. The molecule has 4 saturated carbocycles. The molecule has 42 heavy (non-hydrogen) atoms. The molecule has 1 unspecified atom stereocenters. The first kappa shape index (κ1) is 26.9. The van der Waals surface area contributed by atoms with E-state index in [0.717, 1.165) is 36.6 Å². The first-order valence-corrected chi connectivity index (χ1v) is 17.8. The number of imidazole rings is 1. The van der Waals surface area contributed by atoms with Crippen LogP contribution in [0.15, 0.2) is 35.5 Å². The largest absolute Gasteiger partial charge is 0.377 e. The lowest BCUT2D eigenvalue weighted by Gasteiger charge is -2.37. The van der Waals surface area contributed by atoms with Crippen LogP contribution in [0.2, 0.25) is 0 Å². The average molecular weight is 591 g/mol. The molecule has 0 bridgehead atoms. The van der Waals surface area contributed by atoms with Crippen molar-refractivity contribution in [1.29, 1.82) is 0 Å². The van der Waals surface area contributed by atoms with Crippen LogP contribution in [-0.4, -0.2) is 59.5 Å². The second-order valence-corrected chi connectivity index (χ2v) is 15.9. The van der Waals surface area contributed by atoms with Crippen molar-refractivity contribution in [2.75, 3.05) is 36.2 Å². The van der Waals surface area contributed by atoms with E-state index in [1.165, 1.54) is 56.8 Å². The third kappa shape index (κ3) is 4.43. The first-order valence-electron chi connectivity index (χ1n) is 15.9. The van der Waals surface area contributed by atoms with Gasteiger partial charge in [-0.15, -0.1) is 0 Å². The lowest BCUT2D eigenvalue weighted by molar-refractivity contribution is 0.0928. The Labute approximate surface area is 248 Å². The molecule has 5 aliphatic rings. The number of nitrogens with one attached hydrogen (secondary N) is 1. The summed E-state index contributed by atoms with van der Waals surface area (Å²) in [5.74, 6) is 2.92. The van der Waals surface area contributed by atoms with E-state index in [4.69, 9.17) is 14.7 Å². The number of fused-ring (bicyclic) bond motifs is 1. The van der Waals surface area contributed by atoms with Gasteiger partial charge in [-0.2, -0.15) is 15.0 Å². The van der Waals surface area contributed by atoms with Gasteiger partial charge in [0, 0.05) is 24.4 Å². The maximum Gasteiger partial charge on any atom is 0.250 e. The zero-order valence-corrected chi connectivity index (χ0v) is 25.6. The number of aromatic nitrogens is 4. The third-order valence-corrected chi connectivity index (χ3v) is 12.0. The fourth-order valence-corrected chi connectivity index (χ4v) is 8.56. The van der Waals surface area contributed by atoms with Gasteiger partial charge >= 0.3 is 0 Å². The Morgan fingerprint density at radius 3 is 2.43 bits per heavy atom. The molecule has 1 spiro atoms. The minimum atomic E-state index is -3.63. The van der Waals surface area contributed by atoms with Gasteiger partial charge in [0.2, 0.25) is 15.8 Å². The molecule has 0 radical (unpaired) electrons. The van der Waals surface area contributed by atoms with Crippen LogP contribution in [0.5, 0.6) is 0 Å². The molecule has 8 rings (SSSR count). The van der Waals surface area contributed by atoms with Gasteiger partial charge in [0.05, 0.1) is 19.3 Å². The van der Waals surface area contributed by atoms with Crippen LogP contribution >= 0.6 is 0 Å². The summed E-state index contributed by atoms with van der Waals surface area (Å²) in [6.45, 7) is 4.28. The van der Waals surface area contributed by atoms with Crippen molar-refractivity contribution < 1.29 is 13.2 Å². The molecule has 1 N–H and O–H groups in total. The standard InChI is InChI=1S/C32H42N6O3S/c1-21-11-13-31(14-12-21)19-25(31)38-26-27(35-30(38)37-17-18-41-20-24(37)22-7-4-3-5-8-22)33-29(42(2,39)40)34-28(26)36-32(15-16-32)23-9-6-10-23/h3-5,7-8,21,23-25H,6,9-20H2,1-2H3,(H,33,34,36)/t21?,24-,25?,31?/m0/s1. The number of hydrogen-bond acceptors (Lipinski definition) is 8. The van der Waals surface area contributed by atoms with E-state index in [1.807, 2.05) is 6.07 Å². The highest BCUT2D eigenvalue weighted by molar-refractivity contribution is 7.90. The highest BCUT2D eigenvalue weighted by Gasteiger charge is 2.58. The molecule has 3 heterocycles. The summed E-state index contributed by atoms with van der Waals surface area (Å²) in [4.78, 5) is 17.0. The fraction of sp³-hybridized carbons (Fsp3) is 0.656. The minimum absolute atomic E-state index is 0.0105. The monoisotopic (exact) mass is 590 g/mol. The quantitative estimate of drug-likeness (QED) is 0.350. The van der Waals surface area contributed by atoms with Gasteiger partial charge < -0.3 is 19.5 Å². The van der Waals surface area contributed by atoms with E-state index in [0.29, 0.717) is 43.2 Å². The highest BCUT2D eigenvalue weighted by Crippen LogP contribution is 2.66. The summed E-state index contributed by atoms with van der Waals surface area (Å²) >= 11 is 0. The molecule has 5 fully saturated rings. The van der Waals surface area contributed by atoms with Crippen LogP contribution in [0, 0.1) is 17.3 Å². The molecule has 4 aliphatic carbocycles. The summed E-state index contributed by atoms with van der Waals surface area (Å²) in [7, 11) is -3.63. The van der Waals surface area contributed by atoms with Crippen molar-refractivity contribution in [3.63, 3.8) is 0 Å². The van der Waals surface area contributed by atoms with Gasteiger partial charge in [-0.25, -0.2) is 8.42 Å². The molecule has 1 saturated heterocycles. The van der Waals surface area contributed by atoms with Crippen molar-refractivity contribution in [2.45, 2.75) is 93.9 Å². The first-order chi connectivity index (χ1) is 20.3. The summed E-state index contributed by atoms with van der Waals surface area (Å²) in [5.41, 5.74) is 2.83. The molecular weight excluding hydrogens is 548 g/mol. The number of morpholine rings is 1. The van der Waals surface area contributed by atoms with E-state index in [1.54, 1.807) is 0 Å². The minimum Gasteiger partial charge on any atom is -0.377 e. The average Bonchev–Trinajstić information content (AvgIpc) is 3.84. The van der Waals surface area contributed by atoms with Crippen molar-refractivity contribution >= 4 is 32.8 Å². The second-order valence-electron chi connectivity index (χ2n) is 13.9. The lowest BCUT2D eigenvalue weighted by Crippen LogP contribution is -2.41. The molecule has 0 amide bonds. The Morgan fingerprint density at radius 2 is 1.76 bits per heavy atom. The number of ether oxygens (including phenoxy) is 1. The van der Waals surface area contributed by atoms with Crippen LogP contribution in [-0.2, 0) is 14.6 Å². The van der Waals surface area contributed by atoms with Crippen LogP contribution in [0.25, 0.3) is 11.2 Å². The third-order valence-electron chi connectivity index (χ3n) is 11.2. The van der Waals surface area contributed by atoms with E-state index >= 15 is 0 Å². The van der Waals surface area contributed by atoms with Crippen molar-refractivity contribution in [3.8, 4) is 0 Å². The predicted molar refractivity (Wildman–Crippen MR) is 162 cm³/mol. The van der Waals surface area contributed by atoms with Crippen molar-refractivity contribution in [1.82, 2.24) is 19.5 Å². The Balaban J connectivity index is 1.31. The Morgan fingerprint density at radius 1 is 1.00 bits per heavy atom. The molecule has 1 aliphatic heterocycles. The molecule has 1 aromatic carbocycles. The predicted octanol–water partition coefficient (Wildman–Crippen LogP) is 5.69. The van der Waals surface area contributed by atoms with E-state index in [-0.39, 0.29) is 22.2 Å². The van der Waals surface area contributed by atoms with Crippen molar-refractivity contribution in [3.05, 3.63) is 35.9 Å². The van der Waals surface area contributed by atoms with Crippen molar-refractivity contribution in [2.24, 2.45) is 17.3 Å². The molecular formula is C32H42N6O3S. The Hall–Kier alpha value is -2.72. The molecule has 9 nitrogen and oxygen atoms in total. The van der Waals surface area contributed by atoms with Gasteiger partial charge in [-0.05, 0) is 67.8 Å². The molecule has 3 aromatic rings. The summed E-state index contributed by atoms with van der Waals surface area (Å²) in [6.07, 6.45) is 13.2. The van der Waals surface area contributed by atoms with Gasteiger partial charge in [0.25, 0.3) is 5.16 Å². The fourth-order valence-electron chi connectivity index (χ4n) is 8.05. The number of hydrogen-bond donors (Lipinski definition) is 1. The van der Waals surface area contributed by atoms with Gasteiger partial charge in [0.1, 0.15) is 5.52 Å². The van der Waals surface area contributed by atoms with E-state index in [2.05, 4.69) is 51.0 Å². The normalized spacial score (nSPS) is 30.8. The molecule has 2 aromatic heterocycles. The van der Waals surface area contributed by atoms with Crippen LogP contribution in [0.3, 0.4) is 0 Å². The molecule has 2 atom stereocenters. The number of nitrogens with zero attached hydrogens (tertiary/aromatic N) is 5. The maximum atomic E-state index is 12.8. The zero-order chi connectivity index (χ0) is 28.7. The topological polar surface area (TPSA) is 102 Å². The SMILES string of the molecule is CC1CCC2(CC1)CC2n1c(N2CCOC[C@H]2c2ccccc2)nc2nc(S(C)(=O)=O)nc(NC3(C4CCC4)CC3)c21. The Bertz CT molecular complexity index is 1610. The zero-order valence-electron chi connectivity index (χ0n) is 24.8. The van der Waals surface area contributed by atoms with E-state index < -0.39 is 9.84 Å². The molecule has 10 heteroatoms. The lowest BCUT2D eigenvalue weighted by atomic mass is 9.78. The smallest absolute Gasteiger partial charge is 0.250 e. The van der Waals surface area contributed by atoms with Crippen LogP contribution in [0.4, 0.5) is 11.8 Å². The number of benzene rings is 1. The summed E-state index contributed by atoms with van der Waals surface area (Å²) in [6, 6.07) is 10.8. The van der Waals surface area contributed by atoms with Crippen LogP contribution < -0.4 is 10.2 Å². The molecule has 224 valence electrons. The number of anilines is 2. The van der Waals surface area contributed by atoms with Crippen LogP contribution in [0.1, 0.15) is 88.8 Å². The van der Waals surface area contributed by atoms with Gasteiger partial charge in [0.15, 0.2) is 11.5 Å². The van der Waals surface area contributed by atoms with Gasteiger partial charge in [-0.3, -0.25) is 0 Å². The summed E-state index contributed by atoms with van der Waals surface area (Å²) in [5, 5.41) is 3.71. The van der Waals surface area contributed by atoms with E-state index in [9.17, 15) is 8.42 Å². The maximum absolute atomic E-state index is 12.8.